The van der Waals surface area contributed by atoms with Crippen molar-refractivity contribution in [2.75, 3.05) is 43.1 Å². The number of aromatic nitrogens is 4. The topological polar surface area (TPSA) is 91.0 Å². The molecule has 0 aliphatic carbocycles. The predicted molar refractivity (Wildman–Crippen MR) is 124 cm³/mol. The van der Waals surface area contributed by atoms with Gasteiger partial charge in [-0.2, -0.15) is 13.2 Å². The van der Waals surface area contributed by atoms with E-state index in [4.69, 9.17) is 9.72 Å². The number of H-pyrrole nitrogens is 1. The van der Waals surface area contributed by atoms with E-state index in [0.29, 0.717) is 29.8 Å². The van der Waals surface area contributed by atoms with Gasteiger partial charge in [-0.25, -0.2) is 15.0 Å². The summed E-state index contributed by atoms with van der Waals surface area (Å²) in [6, 6.07) is 3.96. The van der Waals surface area contributed by atoms with Gasteiger partial charge in [-0.1, -0.05) is 6.92 Å². The highest BCUT2D eigenvalue weighted by atomic mass is 19.4. The van der Waals surface area contributed by atoms with Crippen molar-refractivity contribution in [3.63, 3.8) is 0 Å². The summed E-state index contributed by atoms with van der Waals surface area (Å²) in [6.07, 6.45) is 0.635. The molecule has 34 heavy (non-hydrogen) atoms. The Labute approximate surface area is 195 Å². The Kier molecular flexibility index (Phi) is 6.30. The predicted octanol–water partition coefficient (Wildman–Crippen LogP) is 3.82. The van der Waals surface area contributed by atoms with Crippen LogP contribution in [-0.4, -0.2) is 64.9 Å². The lowest BCUT2D eigenvalue weighted by Gasteiger charge is -2.36. The van der Waals surface area contributed by atoms with Crippen LogP contribution in [-0.2, 0) is 10.9 Å². The number of aromatic amines is 1. The third-order valence-electron chi connectivity index (χ3n) is 6.50. The Bertz CT molecular complexity index is 1140. The number of ether oxygens (including phenoxy) is 1. The molecule has 3 aromatic rings. The van der Waals surface area contributed by atoms with Crippen molar-refractivity contribution < 1.29 is 17.9 Å². The fourth-order valence-electron chi connectivity index (χ4n) is 4.67. The maximum atomic E-state index is 13.9. The van der Waals surface area contributed by atoms with Gasteiger partial charge in [0.1, 0.15) is 17.0 Å². The zero-order valence-corrected chi connectivity index (χ0v) is 19.0. The van der Waals surface area contributed by atoms with Gasteiger partial charge in [0.15, 0.2) is 0 Å². The van der Waals surface area contributed by atoms with Crippen molar-refractivity contribution in [1.29, 1.82) is 0 Å². The molecular formula is C23H28F3N7O. The summed E-state index contributed by atoms with van der Waals surface area (Å²) in [4.78, 5) is 18.2. The third-order valence-corrected chi connectivity index (χ3v) is 6.50. The molecule has 182 valence electrons. The van der Waals surface area contributed by atoms with E-state index in [0.717, 1.165) is 50.9 Å². The minimum absolute atomic E-state index is 0.0746. The number of fused-ring (bicyclic) bond motifs is 1. The van der Waals surface area contributed by atoms with Gasteiger partial charge in [-0.3, -0.25) is 0 Å². The number of morpholine rings is 1. The van der Waals surface area contributed by atoms with Crippen LogP contribution in [0.2, 0.25) is 0 Å². The molecule has 2 atom stereocenters. The highest BCUT2D eigenvalue weighted by Crippen LogP contribution is 2.39. The summed E-state index contributed by atoms with van der Waals surface area (Å²) in [5.74, 6) is 0.969. The first kappa shape index (κ1) is 22.9. The summed E-state index contributed by atoms with van der Waals surface area (Å²) < 4.78 is 47.2. The average Bonchev–Trinajstić information content (AvgIpc) is 3.27. The van der Waals surface area contributed by atoms with Crippen LogP contribution in [0.1, 0.15) is 31.7 Å². The molecule has 2 aliphatic heterocycles. The molecule has 2 saturated heterocycles. The Balaban J connectivity index is 1.51. The maximum Gasteiger partial charge on any atom is 0.419 e. The average molecular weight is 476 g/mol. The van der Waals surface area contributed by atoms with E-state index in [9.17, 15) is 13.2 Å². The Morgan fingerprint density at radius 1 is 1.26 bits per heavy atom. The number of nitrogens with one attached hydrogen (secondary N) is 3. The first-order valence-corrected chi connectivity index (χ1v) is 11.7. The number of nitrogens with zero attached hydrogens (tertiary/aromatic N) is 4. The molecule has 3 N–H and O–H groups in total. The largest absolute Gasteiger partial charge is 0.419 e. The smallest absolute Gasteiger partial charge is 0.377 e. The minimum atomic E-state index is -4.58. The zero-order valence-electron chi connectivity index (χ0n) is 19.0. The minimum Gasteiger partial charge on any atom is -0.377 e. The van der Waals surface area contributed by atoms with Crippen molar-refractivity contribution in [1.82, 2.24) is 25.3 Å². The van der Waals surface area contributed by atoms with Crippen LogP contribution in [0.4, 0.5) is 24.9 Å². The number of hydrogen-bond acceptors (Lipinski definition) is 7. The van der Waals surface area contributed by atoms with E-state index in [1.807, 2.05) is 12.1 Å². The molecule has 0 radical (unpaired) electrons. The normalized spacial score (nSPS) is 21.7. The third kappa shape index (κ3) is 4.54. The molecule has 2 aliphatic rings. The van der Waals surface area contributed by atoms with Gasteiger partial charge in [-0.05, 0) is 37.9 Å². The van der Waals surface area contributed by atoms with Gasteiger partial charge in [0.05, 0.1) is 24.9 Å². The van der Waals surface area contributed by atoms with Crippen molar-refractivity contribution in [3.8, 4) is 11.3 Å². The van der Waals surface area contributed by atoms with Gasteiger partial charge in [0.2, 0.25) is 5.95 Å². The molecule has 2 fully saturated rings. The van der Waals surface area contributed by atoms with Crippen molar-refractivity contribution >= 4 is 22.8 Å². The van der Waals surface area contributed by atoms with Crippen molar-refractivity contribution in [2.24, 2.45) is 0 Å². The fraction of sp³-hybridized carbons (Fsp3) is 0.522. The highest BCUT2D eigenvalue weighted by Gasteiger charge is 2.36. The Morgan fingerprint density at radius 3 is 2.91 bits per heavy atom. The van der Waals surface area contributed by atoms with Crippen LogP contribution < -0.4 is 15.5 Å². The maximum absolute atomic E-state index is 13.9. The lowest BCUT2D eigenvalue weighted by molar-refractivity contribution is -0.137. The van der Waals surface area contributed by atoms with E-state index in [1.165, 1.54) is 0 Å². The Hall–Kier alpha value is -2.92. The fourth-order valence-corrected chi connectivity index (χ4v) is 4.67. The van der Waals surface area contributed by atoms with E-state index < -0.39 is 11.7 Å². The number of halogens is 3. The number of anilines is 2. The summed E-state index contributed by atoms with van der Waals surface area (Å²) in [7, 11) is 0. The molecule has 0 saturated carbocycles. The van der Waals surface area contributed by atoms with Crippen LogP contribution >= 0.6 is 0 Å². The number of hydrogen-bond donors (Lipinski definition) is 3. The van der Waals surface area contributed by atoms with Crippen LogP contribution in [0.5, 0.6) is 0 Å². The first-order chi connectivity index (χ1) is 16.4. The van der Waals surface area contributed by atoms with Gasteiger partial charge in [0.25, 0.3) is 0 Å². The van der Waals surface area contributed by atoms with Crippen LogP contribution in [0.25, 0.3) is 22.3 Å². The van der Waals surface area contributed by atoms with Crippen LogP contribution in [0, 0.1) is 0 Å². The first-order valence-electron chi connectivity index (χ1n) is 11.7. The molecule has 5 heterocycles. The molecule has 0 spiro atoms. The monoisotopic (exact) mass is 475 g/mol. The molecule has 0 aromatic carbocycles. The van der Waals surface area contributed by atoms with Crippen molar-refractivity contribution in [2.45, 2.75) is 44.4 Å². The van der Waals surface area contributed by atoms with Crippen LogP contribution in [0.15, 0.2) is 24.5 Å². The summed E-state index contributed by atoms with van der Waals surface area (Å²) in [6.45, 7) is 5.73. The summed E-state index contributed by atoms with van der Waals surface area (Å²) >= 11 is 0. The second-order valence-corrected chi connectivity index (χ2v) is 8.74. The quantitative estimate of drug-likeness (QED) is 0.517. The van der Waals surface area contributed by atoms with Crippen molar-refractivity contribution in [3.05, 3.63) is 30.1 Å². The molecule has 0 bridgehead atoms. The molecular weight excluding hydrogens is 447 g/mol. The molecule has 5 rings (SSSR count). The van der Waals surface area contributed by atoms with E-state index in [1.54, 1.807) is 6.20 Å². The molecule has 0 unspecified atom stereocenters. The van der Waals surface area contributed by atoms with Gasteiger partial charge < -0.3 is 25.3 Å². The lowest BCUT2D eigenvalue weighted by atomic mass is 10.1. The van der Waals surface area contributed by atoms with E-state index in [-0.39, 0.29) is 23.7 Å². The van der Waals surface area contributed by atoms with E-state index in [2.05, 4.69) is 37.4 Å². The summed E-state index contributed by atoms with van der Waals surface area (Å²) in [5.41, 5.74) is -0.161. The number of alkyl halides is 3. The number of pyridine rings is 1. The lowest BCUT2D eigenvalue weighted by Crippen LogP contribution is -2.45. The SMILES string of the molecule is CC[C@H]1COCCN1c1ccc2c(-c3nc(N[C@H]4CCCNC4)ncc3C(F)(F)F)c[nH]c2n1. The molecule has 0 amide bonds. The summed E-state index contributed by atoms with van der Waals surface area (Å²) in [5, 5.41) is 7.03. The molecule has 8 nitrogen and oxygen atoms in total. The molecule has 3 aromatic heterocycles. The second kappa shape index (κ2) is 9.38. The van der Waals surface area contributed by atoms with Gasteiger partial charge in [-0.15, -0.1) is 0 Å². The highest BCUT2D eigenvalue weighted by molar-refractivity contribution is 5.94. The van der Waals surface area contributed by atoms with Gasteiger partial charge >= 0.3 is 6.18 Å². The van der Waals surface area contributed by atoms with Gasteiger partial charge in [0, 0.05) is 42.5 Å². The second-order valence-electron chi connectivity index (χ2n) is 8.74. The van der Waals surface area contributed by atoms with Crippen LogP contribution in [0.3, 0.4) is 0 Å². The number of rotatable bonds is 5. The molecule has 11 heteroatoms. The standard InChI is InChI=1S/C23H28F3N7O/c1-2-15-13-34-9-8-33(15)19-6-5-16-17(11-28-21(16)31-19)20-18(23(24,25)26)12-29-22(32-20)30-14-4-3-7-27-10-14/h5-6,11-12,14-15,27H,2-4,7-10,13H2,1H3,(H,28,31)(H,29,30,32)/t14-,15-/m0/s1. The Morgan fingerprint density at radius 2 is 2.15 bits per heavy atom. The number of piperidine rings is 1. The van der Waals surface area contributed by atoms with E-state index >= 15 is 0 Å². The zero-order chi connectivity index (χ0) is 23.7.